The van der Waals surface area contributed by atoms with Gasteiger partial charge in [-0.15, -0.1) is 0 Å². The molecule has 0 aliphatic heterocycles. The number of fused-ring (bicyclic) bond motifs is 1. The van der Waals surface area contributed by atoms with Crippen molar-refractivity contribution in [3.8, 4) is 0 Å². The maximum absolute atomic E-state index is 11.5. The third kappa shape index (κ3) is 2.25. The van der Waals surface area contributed by atoms with Gasteiger partial charge in [0.05, 0.1) is 11.0 Å². The molecule has 2 heterocycles. The van der Waals surface area contributed by atoms with E-state index in [1.807, 2.05) is 41.0 Å². The monoisotopic (exact) mass is 266 g/mol. The summed E-state index contributed by atoms with van der Waals surface area (Å²) in [5.74, 6) is -0.198. The Morgan fingerprint density at radius 1 is 1.15 bits per heavy atom. The van der Waals surface area contributed by atoms with E-state index in [4.69, 9.17) is 5.73 Å². The zero-order chi connectivity index (χ0) is 13.9. The number of aryl methyl sites for hydroxylation is 2. The molecule has 0 aliphatic carbocycles. The number of aromatic nitrogens is 3. The number of hydrogen-bond acceptors (Lipinski definition) is 3. The van der Waals surface area contributed by atoms with Gasteiger partial charge in [-0.1, -0.05) is 12.1 Å². The molecule has 0 atom stereocenters. The third-order valence-electron chi connectivity index (χ3n) is 3.25. The van der Waals surface area contributed by atoms with Crippen LogP contribution in [-0.4, -0.2) is 20.4 Å². The largest absolute Gasteiger partial charge is 0.363 e. The van der Waals surface area contributed by atoms with Gasteiger partial charge in [-0.05, 0) is 36.2 Å². The first kappa shape index (κ1) is 12.3. The van der Waals surface area contributed by atoms with Crippen LogP contribution in [0, 0.1) is 0 Å². The smallest absolute Gasteiger partial charge is 0.284 e. The Balaban J connectivity index is 1.97. The molecule has 20 heavy (non-hydrogen) atoms. The molecule has 2 N–H and O–H groups in total. The maximum Gasteiger partial charge on any atom is 0.284 e. The summed E-state index contributed by atoms with van der Waals surface area (Å²) in [6.07, 6.45) is 4.32. The van der Waals surface area contributed by atoms with E-state index in [2.05, 4.69) is 9.97 Å². The lowest BCUT2D eigenvalue weighted by Crippen LogP contribution is -2.19. The summed E-state index contributed by atoms with van der Waals surface area (Å²) < 4.78 is 1.87. The van der Waals surface area contributed by atoms with Crippen LogP contribution in [-0.2, 0) is 13.0 Å². The predicted octanol–water partition coefficient (Wildman–Crippen LogP) is 1.77. The summed E-state index contributed by atoms with van der Waals surface area (Å²) in [5.41, 5.74) is 8.29. The van der Waals surface area contributed by atoms with Gasteiger partial charge in [0.25, 0.3) is 5.91 Å². The highest BCUT2D eigenvalue weighted by Gasteiger charge is 2.14. The Hall–Kier alpha value is -2.69. The molecular formula is C15H14N4O. The van der Waals surface area contributed by atoms with Gasteiger partial charge >= 0.3 is 0 Å². The minimum atomic E-state index is -0.504. The average molecular weight is 266 g/mol. The first-order valence-electron chi connectivity index (χ1n) is 6.39. The quantitative estimate of drug-likeness (QED) is 0.782. The standard InChI is InChI=1S/C15H14N4O/c16-14(20)15-18-12-3-1-2-4-13(12)19(15)10-7-11-5-8-17-9-6-11/h1-6,8-9H,7,10H2,(H2,16,20). The number of amides is 1. The summed E-state index contributed by atoms with van der Waals surface area (Å²) in [6, 6.07) is 11.6. The number of primary amides is 1. The lowest BCUT2D eigenvalue weighted by molar-refractivity contribution is 0.0987. The molecule has 3 aromatic rings. The van der Waals surface area contributed by atoms with Gasteiger partial charge in [0.15, 0.2) is 5.82 Å². The SMILES string of the molecule is NC(=O)c1nc2ccccc2n1CCc1ccncc1. The molecule has 5 heteroatoms. The number of nitrogens with two attached hydrogens (primary N) is 1. The van der Waals surface area contributed by atoms with Crippen molar-refractivity contribution in [1.29, 1.82) is 0 Å². The van der Waals surface area contributed by atoms with E-state index in [0.717, 1.165) is 23.0 Å². The van der Waals surface area contributed by atoms with Crippen LogP contribution in [0.4, 0.5) is 0 Å². The van der Waals surface area contributed by atoms with Crippen molar-refractivity contribution in [2.75, 3.05) is 0 Å². The molecule has 0 aliphatic rings. The molecule has 100 valence electrons. The lowest BCUT2D eigenvalue weighted by atomic mass is 10.2. The highest BCUT2D eigenvalue weighted by Crippen LogP contribution is 2.16. The number of rotatable bonds is 4. The van der Waals surface area contributed by atoms with Crippen LogP contribution in [0.2, 0.25) is 0 Å². The predicted molar refractivity (Wildman–Crippen MR) is 76.2 cm³/mol. The van der Waals surface area contributed by atoms with E-state index < -0.39 is 5.91 Å². The molecule has 1 aromatic carbocycles. The van der Waals surface area contributed by atoms with Gasteiger partial charge in [-0.2, -0.15) is 0 Å². The highest BCUT2D eigenvalue weighted by molar-refractivity contribution is 5.93. The van der Waals surface area contributed by atoms with Crippen molar-refractivity contribution < 1.29 is 4.79 Å². The normalized spacial score (nSPS) is 10.8. The van der Waals surface area contributed by atoms with E-state index in [0.29, 0.717) is 12.4 Å². The number of imidazole rings is 1. The second-order valence-electron chi connectivity index (χ2n) is 4.55. The molecule has 0 radical (unpaired) electrons. The summed E-state index contributed by atoms with van der Waals surface area (Å²) >= 11 is 0. The van der Waals surface area contributed by atoms with E-state index in [1.54, 1.807) is 12.4 Å². The van der Waals surface area contributed by atoms with Gasteiger partial charge < -0.3 is 10.3 Å². The summed E-state index contributed by atoms with van der Waals surface area (Å²) in [7, 11) is 0. The van der Waals surface area contributed by atoms with E-state index in [-0.39, 0.29) is 0 Å². The summed E-state index contributed by atoms with van der Waals surface area (Å²) in [4.78, 5) is 19.8. The molecule has 1 amide bonds. The van der Waals surface area contributed by atoms with Gasteiger partial charge in [-0.25, -0.2) is 4.98 Å². The van der Waals surface area contributed by atoms with Crippen LogP contribution in [0.3, 0.4) is 0 Å². The fourth-order valence-electron chi connectivity index (χ4n) is 2.28. The van der Waals surface area contributed by atoms with Crippen molar-refractivity contribution in [2.24, 2.45) is 5.73 Å². The highest BCUT2D eigenvalue weighted by atomic mass is 16.1. The molecule has 0 unspecified atom stereocenters. The maximum atomic E-state index is 11.5. The van der Waals surface area contributed by atoms with Crippen LogP contribution in [0.15, 0.2) is 48.8 Å². The van der Waals surface area contributed by atoms with Crippen LogP contribution in [0.25, 0.3) is 11.0 Å². The van der Waals surface area contributed by atoms with Gasteiger partial charge in [0.2, 0.25) is 0 Å². The molecular weight excluding hydrogens is 252 g/mol. The fourth-order valence-corrected chi connectivity index (χ4v) is 2.28. The Bertz CT molecular complexity index is 749. The molecule has 0 bridgehead atoms. The van der Waals surface area contributed by atoms with Crippen molar-refractivity contribution in [3.05, 3.63) is 60.2 Å². The van der Waals surface area contributed by atoms with Gasteiger partial charge in [0.1, 0.15) is 0 Å². The van der Waals surface area contributed by atoms with E-state index in [9.17, 15) is 4.79 Å². The number of carbonyl (C=O) groups excluding carboxylic acids is 1. The lowest BCUT2D eigenvalue weighted by Gasteiger charge is -2.07. The second kappa shape index (κ2) is 5.13. The van der Waals surface area contributed by atoms with Gasteiger partial charge in [-0.3, -0.25) is 9.78 Å². The Kier molecular flexibility index (Phi) is 3.16. The number of pyridine rings is 1. The van der Waals surface area contributed by atoms with E-state index in [1.165, 1.54) is 0 Å². The minimum Gasteiger partial charge on any atom is -0.363 e. The van der Waals surface area contributed by atoms with E-state index >= 15 is 0 Å². The molecule has 0 saturated carbocycles. The van der Waals surface area contributed by atoms with Crippen molar-refractivity contribution >= 4 is 16.9 Å². The van der Waals surface area contributed by atoms with Crippen LogP contribution in [0.5, 0.6) is 0 Å². The Morgan fingerprint density at radius 3 is 2.65 bits per heavy atom. The van der Waals surface area contributed by atoms with Crippen molar-refractivity contribution in [3.63, 3.8) is 0 Å². The molecule has 0 fully saturated rings. The number of hydrogen-bond donors (Lipinski definition) is 1. The zero-order valence-electron chi connectivity index (χ0n) is 10.9. The molecule has 0 spiro atoms. The average Bonchev–Trinajstić information content (AvgIpc) is 2.85. The van der Waals surface area contributed by atoms with Crippen molar-refractivity contribution in [1.82, 2.24) is 14.5 Å². The Morgan fingerprint density at radius 2 is 1.90 bits per heavy atom. The van der Waals surface area contributed by atoms with Crippen molar-refractivity contribution in [2.45, 2.75) is 13.0 Å². The third-order valence-corrected chi connectivity index (χ3v) is 3.25. The van der Waals surface area contributed by atoms with Gasteiger partial charge in [0, 0.05) is 18.9 Å². The van der Waals surface area contributed by atoms with Crippen LogP contribution < -0.4 is 5.73 Å². The molecule has 2 aromatic heterocycles. The van der Waals surface area contributed by atoms with Crippen LogP contribution in [0.1, 0.15) is 16.2 Å². The number of nitrogens with zero attached hydrogens (tertiary/aromatic N) is 3. The molecule has 3 rings (SSSR count). The van der Waals surface area contributed by atoms with Crippen LogP contribution >= 0.6 is 0 Å². The number of benzene rings is 1. The zero-order valence-corrected chi connectivity index (χ0v) is 10.9. The summed E-state index contributed by atoms with van der Waals surface area (Å²) in [6.45, 7) is 0.656. The summed E-state index contributed by atoms with van der Waals surface area (Å²) in [5, 5.41) is 0. The second-order valence-corrected chi connectivity index (χ2v) is 4.55. The number of carbonyl (C=O) groups is 1. The first-order valence-corrected chi connectivity index (χ1v) is 6.39. The topological polar surface area (TPSA) is 73.8 Å². The molecule has 5 nitrogen and oxygen atoms in total. The fraction of sp³-hybridized carbons (Fsp3) is 0.133. The number of para-hydroxylation sites is 2. The molecule has 0 saturated heterocycles. The first-order chi connectivity index (χ1) is 9.75. The Labute approximate surface area is 116 Å². The minimum absolute atomic E-state index is 0.306.